The van der Waals surface area contributed by atoms with Gasteiger partial charge < -0.3 is 15.8 Å². The minimum absolute atomic E-state index is 0.692. The van der Waals surface area contributed by atoms with Crippen molar-refractivity contribution < 1.29 is 4.74 Å². The summed E-state index contributed by atoms with van der Waals surface area (Å²) in [6, 6.07) is 12.7. The SMILES string of the molecule is COc1ccc2cc(CCNCCN)ccc2c1. The van der Waals surface area contributed by atoms with Gasteiger partial charge in [0.25, 0.3) is 0 Å². The molecule has 0 fully saturated rings. The molecule has 0 aliphatic carbocycles. The molecule has 96 valence electrons. The first kappa shape index (κ1) is 12.9. The van der Waals surface area contributed by atoms with Crippen LogP contribution in [0.25, 0.3) is 10.8 Å². The molecule has 0 bridgehead atoms. The lowest BCUT2D eigenvalue weighted by Gasteiger charge is -2.06. The van der Waals surface area contributed by atoms with E-state index in [1.807, 2.05) is 6.07 Å². The third kappa shape index (κ3) is 3.22. The minimum atomic E-state index is 0.692. The number of hydrogen-bond acceptors (Lipinski definition) is 3. The van der Waals surface area contributed by atoms with Crippen molar-refractivity contribution in [3.05, 3.63) is 42.0 Å². The van der Waals surface area contributed by atoms with Crippen molar-refractivity contribution in [2.75, 3.05) is 26.7 Å². The van der Waals surface area contributed by atoms with Crippen LogP contribution in [0.3, 0.4) is 0 Å². The number of fused-ring (bicyclic) bond motifs is 1. The lowest BCUT2D eigenvalue weighted by atomic mass is 10.0. The maximum Gasteiger partial charge on any atom is 0.119 e. The lowest BCUT2D eigenvalue weighted by molar-refractivity contribution is 0.415. The van der Waals surface area contributed by atoms with Crippen molar-refractivity contribution in [2.45, 2.75) is 6.42 Å². The predicted molar refractivity (Wildman–Crippen MR) is 76.1 cm³/mol. The Bertz CT molecular complexity index is 511. The second-order valence-electron chi connectivity index (χ2n) is 4.34. The highest BCUT2D eigenvalue weighted by atomic mass is 16.5. The minimum Gasteiger partial charge on any atom is -0.497 e. The molecule has 3 nitrogen and oxygen atoms in total. The van der Waals surface area contributed by atoms with E-state index in [9.17, 15) is 0 Å². The Hall–Kier alpha value is -1.58. The summed E-state index contributed by atoms with van der Waals surface area (Å²) in [5.74, 6) is 0.903. The molecule has 0 aliphatic rings. The molecular formula is C15H20N2O. The van der Waals surface area contributed by atoms with Gasteiger partial charge in [-0.05, 0) is 41.4 Å². The number of ether oxygens (including phenoxy) is 1. The molecule has 3 heteroatoms. The van der Waals surface area contributed by atoms with Gasteiger partial charge in [0.05, 0.1) is 7.11 Å². The first-order valence-corrected chi connectivity index (χ1v) is 6.31. The van der Waals surface area contributed by atoms with Crippen LogP contribution in [0.5, 0.6) is 5.75 Å². The van der Waals surface area contributed by atoms with Crippen molar-refractivity contribution in [3.8, 4) is 5.75 Å². The number of nitrogens with one attached hydrogen (secondary N) is 1. The highest BCUT2D eigenvalue weighted by Gasteiger charge is 1.99. The quantitative estimate of drug-likeness (QED) is 0.763. The van der Waals surface area contributed by atoms with E-state index >= 15 is 0 Å². The molecule has 0 heterocycles. The Morgan fingerprint density at radius 3 is 2.61 bits per heavy atom. The average Bonchev–Trinajstić information content (AvgIpc) is 2.43. The predicted octanol–water partition coefficient (Wildman–Crippen LogP) is 1.94. The van der Waals surface area contributed by atoms with E-state index in [4.69, 9.17) is 10.5 Å². The Morgan fingerprint density at radius 2 is 1.83 bits per heavy atom. The zero-order valence-electron chi connectivity index (χ0n) is 10.8. The Labute approximate surface area is 108 Å². The third-order valence-corrected chi connectivity index (χ3v) is 3.02. The average molecular weight is 244 g/mol. The summed E-state index contributed by atoms with van der Waals surface area (Å²) in [7, 11) is 1.69. The number of nitrogens with two attached hydrogens (primary N) is 1. The molecule has 0 saturated carbocycles. The zero-order valence-corrected chi connectivity index (χ0v) is 10.8. The largest absolute Gasteiger partial charge is 0.497 e. The maximum atomic E-state index is 5.44. The summed E-state index contributed by atoms with van der Waals surface area (Å²) in [5, 5.41) is 5.78. The molecule has 0 saturated heterocycles. The lowest BCUT2D eigenvalue weighted by Crippen LogP contribution is -2.24. The topological polar surface area (TPSA) is 47.3 Å². The Balaban J connectivity index is 2.08. The highest BCUT2D eigenvalue weighted by molar-refractivity contribution is 5.84. The Kier molecular flexibility index (Phi) is 4.56. The summed E-state index contributed by atoms with van der Waals surface area (Å²) in [5.41, 5.74) is 6.78. The summed E-state index contributed by atoms with van der Waals surface area (Å²) in [4.78, 5) is 0. The van der Waals surface area contributed by atoms with Gasteiger partial charge in [-0.15, -0.1) is 0 Å². The molecule has 0 unspecified atom stereocenters. The fraction of sp³-hybridized carbons (Fsp3) is 0.333. The molecule has 2 aromatic carbocycles. The van der Waals surface area contributed by atoms with Gasteiger partial charge in [-0.3, -0.25) is 0 Å². The van der Waals surface area contributed by atoms with E-state index in [1.54, 1.807) is 7.11 Å². The molecule has 0 amide bonds. The molecule has 0 aromatic heterocycles. The van der Waals surface area contributed by atoms with Crippen LogP contribution in [0.2, 0.25) is 0 Å². The first-order valence-electron chi connectivity index (χ1n) is 6.31. The van der Waals surface area contributed by atoms with E-state index in [2.05, 4.69) is 35.6 Å². The van der Waals surface area contributed by atoms with E-state index in [0.717, 1.165) is 25.3 Å². The number of benzene rings is 2. The second kappa shape index (κ2) is 6.38. The van der Waals surface area contributed by atoms with Crippen LogP contribution in [-0.4, -0.2) is 26.7 Å². The van der Waals surface area contributed by atoms with Crippen LogP contribution < -0.4 is 15.8 Å². The third-order valence-electron chi connectivity index (χ3n) is 3.02. The second-order valence-corrected chi connectivity index (χ2v) is 4.34. The van der Waals surface area contributed by atoms with Crippen molar-refractivity contribution in [1.82, 2.24) is 5.32 Å². The molecule has 0 radical (unpaired) electrons. The zero-order chi connectivity index (χ0) is 12.8. The van der Waals surface area contributed by atoms with Gasteiger partial charge in [0, 0.05) is 13.1 Å². The molecule has 0 spiro atoms. The van der Waals surface area contributed by atoms with Gasteiger partial charge in [-0.25, -0.2) is 0 Å². The monoisotopic (exact) mass is 244 g/mol. The summed E-state index contributed by atoms with van der Waals surface area (Å²) < 4.78 is 5.22. The summed E-state index contributed by atoms with van der Waals surface area (Å²) in [6.07, 6.45) is 1.03. The van der Waals surface area contributed by atoms with Gasteiger partial charge in [0.2, 0.25) is 0 Å². The van der Waals surface area contributed by atoms with Crippen molar-refractivity contribution in [3.63, 3.8) is 0 Å². The summed E-state index contributed by atoms with van der Waals surface area (Å²) >= 11 is 0. The standard InChI is InChI=1S/C15H20N2O/c1-18-15-5-4-13-10-12(2-3-14(13)11-15)6-8-17-9-7-16/h2-5,10-11,17H,6-9,16H2,1H3. The van der Waals surface area contributed by atoms with Crippen LogP contribution in [0, 0.1) is 0 Å². The molecule has 18 heavy (non-hydrogen) atoms. The van der Waals surface area contributed by atoms with Crippen LogP contribution in [0.4, 0.5) is 0 Å². The fourth-order valence-electron chi connectivity index (χ4n) is 2.02. The van der Waals surface area contributed by atoms with Crippen molar-refractivity contribution >= 4 is 10.8 Å². The fourth-order valence-corrected chi connectivity index (χ4v) is 2.02. The number of rotatable bonds is 6. The molecule has 2 aromatic rings. The van der Waals surface area contributed by atoms with E-state index in [-0.39, 0.29) is 0 Å². The Morgan fingerprint density at radius 1 is 1.06 bits per heavy atom. The van der Waals surface area contributed by atoms with Gasteiger partial charge in [-0.1, -0.05) is 24.3 Å². The summed E-state index contributed by atoms with van der Waals surface area (Å²) in [6.45, 7) is 2.54. The van der Waals surface area contributed by atoms with Crippen LogP contribution >= 0.6 is 0 Å². The van der Waals surface area contributed by atoms with E-state index in [1.165, 1.54) is 16.3 Å². The van der Waals surface area contributed by atoms with Crippen LogP contribution in [0.15, 0.2) is 36.4 Å². The molecule has 2 rings (SSSR count). The van der Waals surface area contributed by atoms with Crippen LogP contribution in [0.1, 0.15) is 5.56 Å². The number of hydrogen-bond donors (Lipinski definition) is 2. The van der Waals surface area contributed by atoms with Crippen molar-refractivity contribution in [2.24, 2.45) is 5.73 Å². The van der Waals surface area contributed by atoms with Crippen molar-refractivity contribution in [1.29, 1.82) is 0 Å². The first-order chi connectivity index (χ1) is 8.83. The molecular weight excluding hydrogens is 224 g/mol. The molecule has 3 N–H and O–H groups in total. The smallest absolute Gasteiger partial charge is 0.119 e. The van der Waals surface area contributed by atoms with E-state index in [0.29, 0.717) is 6.54 Å². The van der Waals surface area contributed by atoms with Gasteiger partial charge >= 0.3 is 0 Å². The number of methoxy groups -OCH3 is 1. The van der Waals surface area contributed by atoms with Crippen LogP contribution in [-0.2, 0) is 6.42 Å². The normalized spacial score (nSPS) is 10.8. The van der Waals surface area contributed by atoms with Gasteiger partial charge in [0.1, 0.15) is 5.75 Å². The van der Waals surface area contributed by atoms with E-state index < -0.39 is 0 Å². The maximum absolute atomic E-state index is 5.44. The molecule has 0 atom stereocenters. The molecule has 0 aliphatic heterocycles. The van der Waals surface area contributed by atoms with Gasteiger partial charge in [0.15, 0.2) is 0 Å². The highest BCUT2D eigenvalue weighted by Crippen LogP contribution is 2.21. The van der Waals surface area contributed by atoms with Gasteiger partial charge in [-0.2, -0.15) is 0 Å².